The maximum absolute atomic E-state index is 12.0. The van der Waals surface area contributed by atoms with Crippen LogP contribution < -0.4 is 9.62 Å². The Balaban J connectivity index is 1.62. The van der Waals surface area contributed by atoms with Crippen LogP contribution in [0.1, 0.15) is 12.5 Å². The minimum absolute atomic E-state index is 0.0546. The highest BCUT2D eigenvalue weighted by atomic mass is 32.2. The van der Waals surface area contributed by atoms with Gasteiger partial charge >= 0.3 is 0 Å². The van der Waals surface area contributed by atoms with Crippen molar-refractivity contribution in [2.75, 3.05) is 15.9 Å². The summed E-state index contributed by atoms with van der Waals surface area (Å²) < 4.78 is 25.6. The Hall–Kier alpha value is -2.38. The fraction of sp³-hybridized carbons (Fsp3) is 0.211. The molecule has 0 aliphatic carbocycles. The maximum atomic E-state index is 12.0. The third-order valence-electron chi connectivity index (χ3n) is 4.41. The van der Waals surface area contributed by atoms with Crippen molar-refractivity contribution in [3.8, 4) is 11.3 Å². The molecule has 0 unspecified atom stereocenters. The molecule has 2 heterocycles. The lowest BCUT2D eigenvalue weighted by Gasteiger charge is -2.21. The molecule has 0 amide bonds. The Morgan fingerprint density at radius 3 is 2.69 bits per heavy atom. The summed E-state index contributed by atoms with van der Waals surface area (Å²) in [5, 5.41) is 6.15. The first-order valence-corrected chi connectivity index (χ1v) is 11.0. The molecule has 5 nitrogen and oxygen atoms in total. The quantitative estimate of drug-likeness (QED) is 0.729. The van der Waals surface area contributed by atoms with Crippen molar-refractivity contribution in [2.24, 2.45) is 0 Å². The average molecular weight is 386 g/mol. The Morgan fingerprint density at radius 2 is 1.96 bits per heavy atom. The number of benzene rings is 2. The van der Waals surface area contributed by atoms with Crippen molar-refractivity contribution in [1.82, 2.24) is 4.98 Å². The lowest BCUT2D eigenvalue weighted by molar-refractivity contribution is 0.590. The Bertz CT molecular complexity index is 1050. The minimum atomic E-state index is -3.26. The number of hydrogen-bond donors (Lipinski definition) is 1. The number of para-hydroxylation sites is 1. The minimum Gasteiger partial charge on any atom is -0.332 e. The van der Waals surface area contributed by atoms with Crippen LogP contribution >= 0.6 is 11.3 Å². The van der Waals surface area contributed by atoms with Gasteiger partial charge in [0, 0.05) is 22.7 Å². The van der Waals surface area contributed by atoms with Crippen LogP contribution in [0.25, 0.3) is 11.3 Å². The van der Waals surface area contributed by atoms with Crippen molar-refractivity contribution in [2.45, 2.75) is 19.4 Å². The molecule has 0 saturated carbocycles. The largest absolute Gasteiger partial charge is 0.332 e. The summed E-state index contributed by atoms with van der Waals surface area (Å²) in [6.45, 7) is 1.94. The molecule has 0 radical (unpaired) electrons. The van der Waals surface area contributed by atoms with E-state index in [0.717, 1.165) is 39.7 Å². The van der Waals surface area contributed by atoms with Crippen LogP contribution in [0.4, 0.5) is 16.5 Å². The van der Waals surface area contributed by atoms with E-state index in [1.54, 1.807) is 11.3 Å². The second-order valence-corrected chi connectivity index (χ2v) is 9.20. The zero-order valence-electron chi connectivity index (χ0n) is 14.5. The lowest BCUT2D eigenvalue weighted by Crippen LogP contribution is -2.34. The van der Waals surface area contributed by atoms with E-state index in [4.69, 9.17) is 0 Å². The summed E-state index contributed by atoms with van der Waals surface area (Å²) >= 11 is 1.55. The predicted molar refractivity (Wildman–Crippen MR) is 108 cm³/mol. The van der Waals surface area contributed by atoms with Crippen molar-refractivity contribution < 1.29 is 8.42 Å². The van der Waals surface area contributed by atoms with E-state index in [9.17, 15) is 8.42 Å². The molecule has 134 valence electrons. The highest BCUT2D eigenvalue weighted by Crippen LogP contribution is 2.37. The van der Waals surface area contributed by atoms with Crippen LogP contribution in [-0.4, -0.2) is 25.7 Å². The molecule has 1 aromatic heterocycles. The van der Waals surface area contributed by atoms with Crippen LogP contribution in [-0.2, 0) is 16.4 Å². The number of thiazole rings is 1. The van der Waals surface area contributed by atoms with E-state index in [0.29, 0.717) is 0 Å². The SMILES string of the molecule is C[C@@H]1Cc2cc(-c3csc(Nc4ccccc4)n3)ccc2N1S(C)(=O)=O. The number of sulfonamides is 1. The van der Waals surface area contributed by atoms with Gasteiger partial charge in [-0.1, -0.05) is 24.3 Å². The monoisotopic (exact) mass is 385 g/mol. The standard InChI is InChI=1S/C19H19N3O2S2/c1-13-10-15-11-14(8-9-18(15)22(13)26(2,23)24)17-12-25-19(21-17)20-16-6-4-3-5-7-16/h3-9,11-13H,10H2,1-2H3,(H,20,21)/t13-/m1/s1. The van der Waals surface area contributed by atoms with Crippen molar-refractivity contribution in [1.29, 1.82) is 0 Å². The molecule has 4 rings (SSSR count). The maximum Gasteiger partial charge on any atom is 0.232 e. The molecule has 0 bridgehead atoms. The van der Waals surface area contributed by atoms with Crippen molar-refractivity contribution in [3.63, 3.8) is 0 Å². The highest BCUT2D eigenvalue weighted by molar-refractivity contribution is 7.92. The average Bonchev–Trinajstić information content (AvgIpc) is 3.17. The number of hydrogen-bond acceptors (Lipinski definition) is 5. The zero-order chi connectivity index (χ0) is 18.3. The van der Waals surface area contributed by atoms with Crippen molar-refractivity contribution >= 4 is 37.9 Å². The smallest absolute Gasteiger partial charge is 0.232 e. The lowest BCUT2D eigenvalue weighted by atomic mass is 10.1. The van der Waals surface area contributed by atoms with Crippen LogP contribution in [0.2, 0.25) is 0 Å². The summed E-state index contributed by atoms with van der Waals surface area (Å²) in [4.78, 5) is 4.66. The molecule has 7 heteroatoms. The number of fused-ring (bicyclic) bond motifs is 1. The first-order chi connectivity index (χ1) is 12.4. The number of rotatable bonds is 4. The molecule has 0 fully saturated rings. The van der Waals surface area contributed by atoms with Crippen LogP contribution in [0, 0.1) is 0 Å². The topological polar surface area (TPSA) is 62.3 Å². The molecule has 26 heavy (non-hydrogen) atoms. The summed E-state index contributed by atoms with van der Waals surface area (Å²) in [6.07, 6.45) is 1.98. The van der Waals surface area contributed by atoms with Gasteiger partial charge in [-0.15, -0.1) is 11.3 Å². The van der Waals surface area contributed by atoms with Gasteiger partial charge in [0.25, 0.3) is 0 Å². The van der Waals surface area contributed by atoms with Gasteiger partial charge in [0.1, 0.15) is 0 Å². The molecule has 2 aromatic carbocycles. The molecule has 0 saturated heterocycles. The summed E-state index contributed by atoms with van der Waals surface area (Å²) in [5.74, 6) is 0. The molecular formula is C19H19N3O2S2. The first kappa shape index (κ1) is 17.1. The van der Waals surface area contributed by atoms with Crippen LogP contribution in [0.5, 0.6) is 0 Å². The molecule has 1 aliphatic heterocycles. The van der Waals surface area contributed by atoms with E-state index >= 15 is 0 Å². The van der Waals surface area contributed by atoms with Gasteiger partial charge < -0.3 is 5.32 Å². The zero-order valence-corrected chi connectivity index (χ0v) is 16.1. The third kappa shape index (κ3) is 3.20. The Kier molecular flexibility index (Phi) is 4.20. The number of aromatic nitrogens is 1. The van der Waals surface area contributed by atoms with E-state index in [1.165, 1.54) is 10.6 Å². The summed E-state index contributed by atoms with van der Waals surface area (Å²) in [7, 11) is -3.26. The Labute approximate surface area is 157 Å². The summed E-state index contributed by atoms with van der Waals surface area (Å²) in [5.41, 5.74) is 4.72. The van der Waals surface area contributed by atoms with Crippen LogP contribution in [0.3, 0.4) is 0 Å². The Morgan fingerprint density at radius 1 is 1.19 bits per heavy atom. The van der Waals surface area contributed by atoms with Gasteiger partial charge in [-0.25, -0.2) is 13.4 Å². The fourth-order valence-electron chi connectivity index (χ4n) is 3.38. The number of anilines is 3. The summed E-state index contributed by atoms with van der Waals surface area (Å²) in [6, 6.07) is 15.8. The van der Waals surface area contributed by atoms with Gasteiger partial charge in [0.05, 0.1) is 17.6 Å². The van der Waals surface area contributed by atoms with Gasteiger partial charge in [-0.2, -0.15) is 0 Å². The fourth-order valence-corrected chi connectivity index (χ4v) is 5.38. The molecule has 1 atom stereocenters. The molecule has 3 aromatic rings. The second kappa shape index (κ2) is 6.41. The number of nitrogens with zero attached hydrogens (tertiary/aromatic N) is 2. The molecule has 1 N–H and O–H groups in total. The molecular weight excluding hydrogens is 366 g/mol. The van der Waals surface area contributed by atoms with Gasteiger partial charge in [-0.05, 0) is 43.2 Å². The van der Waals surface area contributed by atoms with E-state index in [2.05, 4.69) is 16.4 Å². The normalized spacial score (nSPS) is 16.5. The third-order valence-corrected chi connectivity index (χ3v) is 6.44. The van der Waals surface area contributed by atoms with E-state index < -0.39 is 10.0 Å². The number of nitrogens with one attached hydrogen (secondary N) is 1. The van der Waals surface area contributed by atoms with Crippen molar-refractivity contribution in [3.05, 3.63) is 59.5 Å². The highest BCUT2D eigenvalue weighted by Gasteiger charge is 2.32. The molecule has 0 spiro atoms. The van der Waals surface area contributed by atoms with Gasteiger partial charge in [0.2, 0.25) is 10.0 Å². The van der Waals surface area contributed by atoms with Crippen LogP contribution in [0.15, 0.2) is 53.9 Å². The van der Waals surface area contributed by atoms with E-state index in [1.807, 2.05) is 54.8 Å². The van der Waals surface area contributed by atoms with Gasteiger partial charge in [0.15, 0.2) is 5.13 Å². The predicted octanol–water partition coefficient (Wildman–Crippen LogP) is 4.26. The van der Waals surface area contributed by atoms with Gasteiger partial charge in [-0.3, -0.25) is 4.31 Å². The second-order valence-electron chi connectivity index (χ2n) is 6.48. The van der Waals surface area contributed by atoms with E-state index in [-0.39, 0.29) is 6.04 Å². The first-order valence-electron chi connectivity index (χ1n) is 8.32. The molecule has 1 aliphatic rings.